The van der Waals surface area contributed by atoms with Crippen molar-refractivity contribution in [2.45, 2.75) is 0 Å². The molecule has 1 aromatic rings. The molecule has 48 valence electrons. The number of nitrogens with zero attached hydrogens (tertiary/aromatic N) is 3. The Bertz CT molecular complexity index is 198. The largest absolute Gasteiger partial charge is 1.00 e. The molecule has 1 aromatic heterocycles. The van der Waals surface area contributed by atoms with E-state index in [0.29, 0.717) is 0 Å². The van der Waals surface area contributed by atoms with E-state index in [-0.39, 0.29) is 35.4 Å². The summed E-state index contributed by atoms with van der Waals surface area (Å²) in [5.74, 6) is -0.565. The molecule has 6 heteroatoms. The van der Waals surface area contributed by atoms with Crippen LogP contribution in [0, 0.1) is 0 Å². The Morgan fingerprint density at radius 1 is 1.80 bits per heavy atom. The minimum Gasteiger partial charge on any atom is -0.465 e. The smallest absolute Gasteiger partial charge is 0.465 e. The zero-order valence-corrected chi connectivity index (χ0v) is 7.74. The number of hydrogen-bond donors (Lipinski definition) is 0. The monoisotopic (exact) mass is 149 g/mol. The van der Waals surface area contributed by atoms with Gasteiger partial charge in [0.15, 0.2) is 0 Å². The van der Waals surface area contributed by atoms with Crippen LogP contribution in [0.1, 0.15) is 10.6 Å². The van der Waals surface area contributed by atoms with E-state index in [1.54, 1.807) is 0 Å². The number of esters is 1. The van der Waals surface area contributed by atoms with E-state index in [0.717, 1.165) is 0 Å². The van der Waals surface area contributed by atoms with Crippen molar-refractivity contribution in [1.82, 2.24) is 15.2 Å². The molecule has 0 fully saturated rings. The van der Waals surface area contributed by atoms with Crippen LogP contribution in [0.2, 0.25) is 0 Å². The van der Waals surface area contributed by atoms with Crippen LogP contribution in [0.25, 0.3) is 0 Å². The molecule has 0 unspecified atom stereocenters. The predicted molar refractivity (Wildman–Crippen MR) is 26.7 cm³/mol. The first-order chi connectivity index (χ1) is 4.34. The Hall–Kier alpha value is -0.390. The van der Waals surface area contributed by atoms with E-state index in [2.05, 4.69) is 19.9 Å². The first-order valence-corrected chi connectivity index (χ1v) is 2.23. The maximum Gasteiger partial charge on any atom is 1.00 e. The second-order valence-corrected chi connectivity index (χ2v) is 1.28. The fourth-order valence-electron chi connectivity index (χ4n) is 0.372. The van der Waals surface area contributed by atoms with E-state index >= 15 is 0 Å². The van der Waals surface area contributed by atoms with Crippen molar-refractivity contribution in [1.29, 1.82) is 0 Å². The predicted octanol–water partition coefficient (Wildman–Crippen LogP) is -3.78. The van der Waals surface area contributed by atoms with Gasteiger partial charge >= 0.3 is 35.5 Å². The summed E-state index contributed by atoms with van der Waals surface area (Å²) in [5.41, 5.74) is 0. The van der Waals surface area contributed by atoms with Gasteiger partial charge in [0.05, 0.1) is 12.9 Å². The molecule has 0 radical (unpaired) electrons. The van der Waals surface area contributed by atoms with Crippen molar-refractivity contribution in [2.24, 2.45) is 0 Å². The van der Waals surface area contributed by atoms with Gasteiger partial charge in [-0.25, -0.2) is 4.79 Å². The summed E-state index contributed by atoms with van der Waals surface area (Å²) in [7, 11) is 1.26. The molecule has 1 heterocycles. The molecular weight excluding hydrogens is 145 g/mol. The third-order valence-corrected chi connectivity index (χ3v) is 0.752. The molecule has 0 bridgehead atoms. The van der Waals surface area contributed by atoms with Gasteiger partial charge in [-0.1, -0.05) is 0 Å². The van der Waals surface area contributed by atoms with Crippen LogP contribution in [-0.2, 0) is 4.74 Å². The van der Waals surface area contributed by atoms with Gasteiger partial charge in [-0.3, -0.25) is 0 Å². The standard InChI is InChI=1S/C4H5N3O2.Na/c1-9-4(8)3-5-2-6-7-3;/h2H,1H3,(H,5,6,7,8);/q;+1/p-1. The molecule has 0 aliphatic rings. The molecule has 5 nitrogen and oxygen atoms in total. The van der Waals surface area contributed by atoms with Gasteiger partial charge in [0, 0.05) is 0 Å². The first kappa shape index (κ1) is 9.61. The van der Waals surface area contributed by atoms with Crippen molar-refractivity contribution in [3.63, 3.8) is 0 Å². The van der Waals surface area contributed by atoms with Crippen molar-refractivity contribution < 1.29 is 39.1 Å². The zero-order chi connectivity index (χ0) is 6.69. The summed E-state index contributed by atoms with van der Waals surface area (Å²) in [6.07, 6.45) is 1.19. The quantitative estimate of drug-likeness (QED) is 0.303. The number of aromatic nitrogens is 3. The fraction of sp³-hybridized carbons (Fsp3) is 0.250. The van der Waals surface area contributed by atoms with Crippen LogP contribution in [0.15, 0.2) is 6.33 Å². The normalized spacial score (nSPS) is 8.10. The molecule has 0 amide bonds. The van der Waals surface area contributed by atoms with Crippen molar-refractivity contribution in [2.75, 3.05) is 7.11 Å². The number of carbonyl (C=O) groups excluding carboxylic acids is 1. The van der Waals surface area contributed by atoms with E-state index in [9.17, 15) is 4.79 Å². The van der Waals surface area contributed by atoms with Crippen LogP contribution in [0.3, 0.4) is 0 Å². The SMILES string of the molecule is COC(=O)c1nnc[n-]1.[Na+]. The van der Waals surface area contributed by atoms with Crippen LogP contribution in [-0.4, -0.2) is 23.3 Å². The molecule has 0 spiro atoms. The first-order valence-electron chi connectivity index (χ1n) is 2.23. The van der Waals surface area contributed by atoms with Gasteiger partial charge in [0.2, 0.25) is 0 Å². The molecule has 10 heavy (non-hydrogen) atoms. The number of ether oxygens (including phenoxy) is 1. The van der Waals surface area contributed by atoms with Crippen LogP contribution in [0.4, 0.5) is 0 Å². The Morgan fingerprint density at radius 3 is 2.90 bits per heavy atom. The Labute approximate surface area is 79.5 Å². The average Bonchev–Trinajstić information content (AvgIpc) is 2.37. The summed E-state index contributed by atoms with van der Waals surface area (Å²) in [6, 6.07) is 0. The minimum atomic E-state index is -0.563. The van der Waals surface area contributed by atoms with Gasteiger partial charge in [-0.2, -0.15) is 0 Å². The number of rotatable bonds is 1. The second-order valence-electron chi connectivity index (χ2n) is 1.28. The van der Waals surface area contributed by atoms with Gasteiger partial charge < -0.3 is 19.9 Å². The Morgan fingerprint density at radius 2 is 2.50 bits per heavy atom. The molecule has 0 atom stereocenters. The summed E-state index contributed by atoms with van der Waals surface area (Å²) in [6.45, 7) is 0. The maximum atomic E-state index is 10.5. The second kappa shape index (κ2) is 4.43. The molecule has 0 N–H and O–H groups in total. The van der Waals surface area contributed by atoms with Gasteiger partial charge in [-0.15, -0.1) is 0 Å². The average molecular weight is 149 g/mol. The summed E-state index contributed by atoms with van der Waals surface area (Å²) >= 11 is 0. The van der Waals surface area contributed by atoms with Crippen LogP contribution in [0.5, 0.6) is 0 Å². The van der Waals surface area contributed by atoms with E-state index in [4.69, 9.17) is 0 Å². The van der Waals surface area contributed by atoms with Crippen molar-refractivity contribution in [3.05, 3.63) is 12.2 Å². The minimum absolute atomic E-state index is 0. The molecule has 0 saturated heterocycles. The maximum absolute atomic E-state index is 10.5. The van der Waals surface area contributed by atoms with Crippen LogP contribution < -0.4 is 34.5 Å². The molecular formula is C4H4N3NaO2. The van der Waals surface area contributed by atoms with Crippen molar-refractivity contribution in [3.8, 4) is 0 Å². The fourth-order valence-corrected chi connectivity index (χ4v) is 0.372. The molecule has 1 rings (SSSR count). The van der Waals surface area contributed by atoms with E-state index in [1.165, 1.54) is 13.4 Å². The van der Waals surface area contributed by atoms with Gasteiger partial charge in [-0.05, 0) is 6.33 Å². The van der Waals surface area contributed by atoms with E-state index < -0.39 is 5.97 Å². The topological polar surface area (TPSA) is 66.2 Å². The number of carbonyl (C=O) groups is 1. The Kier molecular flexibility index (Phi) is 4.26. The summed E-state index contributed by atoms with van der Waals surface area (Å²) < 4.78 is 4.29. The van der Waals surface area contributed by atoms with Gasteiger partial charge in [0.1, 0.15) is 0 Å². The number of methoxy groups -OCH3 is 1. The third-order valence-electron chi connectivity index (χ3n) is 0.752. The molecule has 0 aliphatic carbocycles. The third kappa shape index (κ3) is 2.09. The molecule has 0 saturated carbocycles. The molecule has 0 aliphatic heterocycles. The Balaban J connectivity index is 0.000000810. The number of hydrogen-bond acceptors (Lipinski definition) is 4. The van der Waals surface area contributed by atoms with Crippen molar-refractivity contribution >= 4 is 5.97 Å². The van der Waals surface area contributed by atoms with E-state index in [1.807, 2.05) is 0 Å². The molecule has 0 aromatic carbocycles. The van der Waals surface area contributed by atoms with Crippen LogP contribution >= 0.6 is 0 Å². The summed E-state index contributed by atoms with van der Waals surface area (Å²) in [5, 5.41) is 6.68. The summed E-state index contributed by atoms with van der Waals surface area (Å²) in [4.78, 5) is 14.0. The van der Waals surface area contributed by atoms with Gasteiger partial charge in [0.25, 0.3) is 0 Å². The zero-order valence-electron chi connectivity index (χ0n) is 5.74.